The number of hydrogen-bond acceptors (Lipinski definition) is 4. The fourth-order valence-electron chi connectivity index (χ4n) is 1.61. The monoisotopic (exact) mass is 303 g/mol. The molecule has 1 aromatic carbocycles. The summed E-state index contributed by atoms with van der Waals surface area (Å²) in [6.07, 6.45) is 1.08. The predicted molar refractivity (Wildman–Crippen MR) is 75.5 cm³/mol. The molecular formula is C14H19F2NO2S. The molecule has 20 heavy (non-hydrogen) atoms. The highest BCUT2D eigenvalue weighted by Crippen LogP contribution is 2.24. The van der Waals surface area contributed by atoms with E-state index in [9.17, 15) is 13.6 Å². The first kappa shape index (κ1) is 16.9. The molecule has 0 radical (unpaired) electrons. The highest BCUT2D eigenvalue weighted by atomic mass is 32.2. The molecule has 1 rings (SSSR count). The van der Waals surface area contributed by atoms with Gasteiger partial charge in [0.25, 0.3) is 0 Å². The van der Waals surface area contributed by atoms with Crippen LogP contribution in [0.15, 0.2) is 23.1 Å². The van der Waals surface area contributed by atoms with Crippen molar-refractivity contribution >= 4 is 17.7 Å². The lowest BCUT2D eigenvalue weighted by atomic mass is 9.98. The van der Waals surface area contributed by atoms with Gasteiger partial charge in [-0.2, -0.15) is 0 Å². The molecule has 0 bridgehead atoms. The van der Waals surface area contributed by atoms with Crippen LogP contribution in [-0.2, 0) is 9.53 Å². The lowest BCUT2D eigenvalue weighted by Crippen LogP contribution is -2.46. The first-order valence-corrected chi connectivity index (χ1v) is 7.39. The number of nitrogens with two attached hydrogens (primary N) is 1. The van der Waals surface area contributed by atoms with Crippen LogP contribution in [-0.4, -0.2) is 23.9 Å². The van der Waals surface area contributed by atoms with Crippen LogP contribution >= 0.6 is 11.8 Å². The predicted octanol–water partition coefficient (Wildman–Crippen LogP) is 3.12. The zero-order chi connectivity index (χ0) is 15.2. The van der Waals surface area contributed by atoms with Crippen LogP contribution in [0.3, 0.4) is 0 Å². The molecule has 0 aliphatic carbocycles. The zero-order valence-corrected chi connectivity index (χ0v) is 12.4. The van der Waals surface area contributed by atoms with E-state index in [2.05, 4.69) is 0 Å². The van der Waals surface area contributed by atoms with Gasteiger partial charge in [0.2, 0.25) is 0 Å². The van der Waals surface area contributed by atoms with E-state index in [0.29, 0.717) is 30.1 Å². The molecule has 0 fully saturated rings. The topological polar surface area (TPSA) is 52.3 Å². The van der Waals surface area contributed by atoms with E-state index in [4.69, 9.17) is 10.5 Å². The maximum atomic E-state index is 13.4. The molecule has 2 N–H and O–H groups in total. The Morgan fingerprint density at radius 1 is 1.45 bits per heavy atom. The van der Waals surface area contributed by atoms with E-state index in [1.165, 1.54) is 23.9 Å². The van der Waals surface area contributed by atoms with E-state index < -0.39 is 23.1 Å². The minimum absolute atomic E-state index is 0.293. The van der Waals surface area contributed by atoms with Crippen molar-refractivity contribution in [3.8, 4) is 0 Å². The second-order valence-electron chi connectivity index (χ2n) is 4.66. The fourth-order valence-corrected chi connectivity index (χ4v) is 2.48. The molecule has 0 heterocycles. The third-order valence-corrected chi connectivity index (χ3v) is 3.87. The summed E-state index contributed by atoms with van der Waals surface area (Å²) in [4.78, 5) is 12.0. The van der Waals surface area contributed by atoms with Gasteiger partial charge in [-0.15, -0.1) is 11.8 Å². The molecule has 0 aliphatic heterocycles. The summed E-state index contributed by atoms with van der Waals surface area (Å²) >= 11 is 1.27. The summed E-state index contributed by atoms with van der Waals surface area (Å²) in [5, 5.41) is 0. The molecule has 1 atom stereocenters. The van der Waals surface area contributed by atoms with Crippen molar-refractivity contribution in [3.05, 3.63) is 29.8 Å². The fraction of sp³-hybridized carbons (Fsp3) is 0.500. The summed E-state index contributed by atoms with van der Waals surface area (Å²) in [6, 6.07) is 3.48. The molecule has 1 unspecified atom stereocenters. The zero-order valence-electron chi connectivity index (χ0n) is 11.6. The van der Waals surface area contributed by atoms with E-state index in [1.54, 1.807) is 13.8 Å². The van der Waals surface area contributed by atoms with Crippen LogP contribution in [0.5, 0.6) is 0 Å². The Balaban J connectivity index is 2.39. The standard InChI is InChI=1S/C14H19F2NO2S/c1-3-19-13(18)14(2,17)7-4-8-20-12-6-5-10(15)9-11(12)16/h5-6,9H,3-4,7-8,17H2,1-2H3. The second kappa shape index (κ2) is 7.59. The Hall–Kier alpha value is -1.14. The number of carbonyl (C=O) groups is 1. The SMILES string of the molecule is CCOC(=O)C(C)(N)CCCSc1ccc(F)cc1F. The molecule has 0 aromatic heterocycles. The number of benzene rings is 1. The van der Waals surface area contributed by atoms with Gasteiger partial charge in [0.05, 0.1) is 6.61 Å². The van der Waals surface area contributed by atoms with E-state index in [1.807, 2.05) is 0 Å². The van der Waals surface area contributed by atoms with Crippen LogP contribution in [0.2, 0.25) is 0 Å². The van der Waals surface area contributed by atoms with Crippen molar-refractivity contribution in [2.45, 2.75) is 37.1 Å². The first-order chi connectivity index (χ1) is 9.36. The normalized spacial score (nSPS) is 13.8. The van der Waals surface area contributed by atoms with Crippen molar-refractivity contribution in [1.82, 2.24) is 0 Å². The van der Waals surface area contributed by atoms with E-state index in [0.717, 1.165) is 6.07 Å². The molecule has 112 valence electrons. The Kier molecular flexibility index (Phi) is 6.42. The summed E-state index contributed by atoms with van der Waals surface area (Å²) in [7, 11) is 0. The molecular weight excluding hydrogens is 284 g/mol. The van der Waals surface area contributed by atoms with Gasteiger partial charge in [-0.1, -0.05) is 0 Å². The van der Waals surface area contributed by atoms with Gasteiger partial charge in [-0.3, -0.25) is 4.79 Å². The number of carbonyl (C=O) groups excluding carboxylic acids is 1. The second-order valence-corrected chi connectivity index (χ2v) is 5.80. The average molecular weight is 303 g/mol. The first-order valence-electron chi connectivity index (χ1n) is 6.41. The van der Waals surface area contributed by atoms with Crippen molar-refractivity contribution in [2.75, 3.05) is 12.4 Å². The van der Waals surface area contributed by atoms with E-state index >= 15 is 0 Å². The number of esters is 1. The number of rotatable bonds is 7. The highest BCUT2D eigenvalue weighted by Gasteiger charge is 2.29. The molecule has 3 nitrogen and oxygen atoms in total. The minimum atomic E-state index is -1.03. The smallest absolute Gasteiger partial charge is 0.325 e. The number of ether oxygens (including phenoxy) is 1. The molecule has 0 spiro atoms. The maximum absolute atomic E-state index is 13.4. The van der Waals surface area contributed by atoms with Crippen molar-refractivity contribution < 1.29 is 18.3 Å². The van der Waals surface area contributed by atoms with Crippen LogP contribution in [0.4, 0.5) is 8.78 Å². The van der Waals surface area contributed by atoms with Crippen molar-refractivity contribution in [2.24, 2.45) is 5.73 Å². The van der Waals surface area contributed by atoms with Crippen LogP contribution in [0, 0.1) is 11.6 Å². The van der Waals surface area contributed by atoms with Gasteiger partial charge < -0.3 is 10.5 Å². The molecule has 0 saturated heterocycles. The Morgan fingerprint density at radius 2 is 2.15 bits per heavy atom. The van der Waals surface area contributed by atoms with Crippen LogP contribution in [0.1, 0.15) is 26.7 Å². The van der Waals surface area contributed by atoms with Crippen LogP contribution in [0.25, 0.3) is 0 Å². The Morgan fingerprint density at radius 3 is 2.75 bits per heavy atom. The van der Waals surface area contributed by atoms with Gasteiger partial charge in [-0.25, -0.2) is 8.78 Å². The largest absolute Gasteiger partial charge is 0.465 e. The third kappa shape index (κ3) is 5.09. The highest BCUT2D eigenvalue weighted by molar-refractivity contribution is 7.99. The summed E-state index contributed by atoms with van der Waals surface area (Å²) in [5.41, 5.74) is 4.84. The lowest BCUT2D eigenvalue weighted by Gasteiger charge is -2.21. The minimum Gasteiger partial charge on any atom is -0.465 e. The molecule has 1 aromatic rings. The van der Waals surface area contributed by atoms with E-state index in [-0.39, 0.29) is 0 Å². The van der Waals surface area contributed by atoms with Gasteiger partial charge in [-0.05, 0) is 44.6 Å². The van der Waals surface area contributed by atoms with Crippen LogP contribution < -0.4 is 5.73 Å². The average Bonchev–Trinajstić information content (AvgIpc) is 2.37. The molecule has 0 amide bonds. The third-order valence-electron chi connectivity index (χ3n) is 2.73. The molecule has 0 aliphatic rings. The number of thioether (sulfide) groups is 1. The Labute approximate surface area is 121 Å². The van der Waals surface area contributed by atoms with Crippen molar-refractivity contribution in [3.63, 3.8) is 0 Å². The van der Waals surface area contributed by atoms with Gasteiger partial charge in [0.1, 0.15) is 17.2 Å². The summed E-state index contributed by atoms with van der Waals surface area (Å²) in [5.74, 6) is -1.01. The molecule has 0 saturated carbocycles. The number of hydrogen-bond donors (Lipinski definition) is 1. The van der Waals surface area contributed by atoms with Gasteiger partial charge >= 0.3 is 5.97 Å². The summed E-state index contributed by atoms with van der Waals surface area (Å²) < 4.78 is 31.0. The molecule has 6 heteroatoms. The van der Waals surface area contributed by atoms with Gasteiger partial charge in [0, 0.05) is 11.0 Å². The van der Waals surface area contributed by atoms with Gasteiger partial charge in [0.15, 0.2) is 0 Å². The Bertz CT molecular complexity index is 466. The number of halogens is 2. The van der Waals surface area contributed by atoms with Crippen molar-refractivity contribution in [1.29, 1.82) is 0 Å². The quantitative estimate of drug-likeness (QED) is 0.478. The maximum Gasteiger partial charge on any atom is 0.325 e. The summed E-state index contributed by atoms with van der Waals surface area (Å²) in [6.45, 7) is 3.64. The lowest BCUT2D eigenvalue weighted by molar-refractivity contribution is -0.149.